The van der Waals surface area contributed by atoms with Crippen LogP contribution in [0.25, 0.3) is 11.4 Å². The van der Waals surface area contributed by atoms with Crippen molar-refractivity contribution in [2.75, 3.05) is 0 Å². The van der Waals surface area contributed by atoms with Crippen LogP contribution >= 0.6 is 0 Å². The average Bonchev–Trinajstić information content (AvgIpc) is 2.19. The van der Waals surface area contributed by atoms with Crippen molar-refractivity contribution in [1.82, 2.24) is 15.2 Å². The van der Waals surface area contributed by atoms with E-state index in [9.17, 15) is 4.39 Å². The maximum Gasteiger partial charge on any atom is 0.181 e. The van der Waals surface area contributed by atoms with Crippen molar-refractivity contribution in [3.05, 3.63) is 42.0 Å². The first-order chi connectivity index (χ1) is 6.75. The highest BCUT2D eigenvalue weighted by molar-refractivity contribution is 5.53. The van der Waals surface area contributed by atoms with Gasteiger partial charge >= 0.3 is 0 Å². The predicted octanol–water partition coefficient (Wildman–Crippen LogP) is 1.99. The zero-order chi connectivity index (χ0) is 9.97. The fourth-order valence-corrected chi connectivity index (χ4v) is 1.09. The molecule has 1 aromatic carbocycles. The quantitative estimate of drug-likeness (QED) is 0.688. The molecule has 2 aromatic rings. The lowest BCUT2D eigenvalue weighted by Gasteiger charge is -1.98. The summed E-state index contributed by atoms with van der Waals surface area (Å²) in [6.45, 7) is 1.80. The Morgan fingerprint density at radius 3 is 2.71 bits per heavy atom. The molecule has 0 atom stereocenters. The number of halogens is 1. The molecule has 0 bridgehead atoms. The molecular weight excluding hydrogens is 181 g/mol. The van der Waals surface area contributed by atoms with E-state index in [1.807, 2.05) is 0 Å². The molecule has 0 unspecified atom stereocenters. The zero-order valence-electron chi connectivity index (χ0n) is 7.61. The summed E-state index contributed by atoms with van der Waals surface area (Å²) in [6, 6.07) is 6.13. The van der Waals surface area contributed by atoms with Gasteiger partial charge in [0.2, 0.25) is 0 Å². The normalized spacial score (nSPS) is 10.1. The third-order valence-corrected chi connectivity index (χ3v) is 1.76. The minimum atomic E-state index is -0.299. The first-order valence-corrected chi connectivity index (χ1v) is 4.18. The highest BCUT2D eigenvalue weighted by Gasteiger charge is 2.01. The first kappa shape index (κ1) is 8.74. The highest BCUT2D eigenvalue weighted by atomic mass is 19.1. The zero-order valence-corrected chi connectivity index (χ0v) is 7.61. The number of nitrogens with zero attached hydrogens (tertiary/aromatic N) is 3. The Morgan fingerprint density at radius 2 is 2.07 bits per heavy atom. The molecule has 0 aliphatic rings. The standard InChI is InChI=1S/C10H8FN3/c1-7-6-12-10(14-13-7)8-3-2-4-9(11)5-8/h2-6H,1H3. The Morgan fingerprint density at radius 1 is 1.21 bits per heavy atom. The molecule has 70 valence electrons. The van der Waals surface area contributed by atoms with Gasteiger partial charge in [0.1, 0.15) is 5.82 Å². The summed E-state index contributed by atoms with van der Waals surface area (Å²) in [5.41, 5.74) is 1.38. The smallest absolute Gasteiger partial charge is 0.181 e. The third kappa shape index (κ3) is 1.74. The van der Waals surface area contributed by atoms with Crippen molar-refractivity contribution in [2.45, 2.75) is 6.92 Å². The Hall–Kier alpha value is -1.84. The minimum Gasteiger partial charge on any atom is -0.233 e. The lowest BCUT2D eigenvalue weighted by atomic mass is 10.2. The van der Waals surface area contributed by atoms with E-state index >= 15 is 0 Å². The van der Waals surface area contributed by atoms with Gasteiger partial charge in [0.25, 0.3) is 0 Å². The lowest BCUT2D eigenvalue weighted by Crippen LogP contribution is -1.93. The molecule has 1 heterocycles. The first-order valence-electron chi connectivity index (χ1n) is 4.18. The molecule has 0 saturated heterocycles. The molecule has 1 aromatic heterocycles. The summed E-state index contributed by atoms with van der Waals surface area (Å²) in [5.74, 6) is 0.141. The minimum absolute atomic E-state index is 0.299. The number of benzene rings is 1. The molecule has 0 N–H and O–H groups in total. The van der Waals surface area contributed by atoms with Crippen LogP contribution in [0.4, 0.5) is 4.39 Å². The molecule has 14 heavy (non-hydrogen) atoms. The van der Waals surface area contributed by atoms with E-state index in [4.69, 9.17) is 0 Å². The largest absolute Gasteiger partial charge is 0.233 e. The molecule has 0 aliphatic heterocycles. The molecular formula is C10H8FN3. The average molecular weight is 189 g/mol. The van der Waals surface area contributed by atoms with Crippen LogP contribution in [0.15, 0.2) is 30.5 Å². The van der Waals surface area contributed by atoms with Crippen molar-refractivity contribution in [1.29, 1.82) is 0 Å². The van der Waals surface area contributed by atoms with E-state index in [2.05, 4.69) is 15.2 Å². The van der Waals surface area contributed by atoms with Crippen molar-refractivity contribution >= 4 is 0 Å². The second-order valence-corrected chi connectivity index (χ2v) is 2.93. The number of rotatable bonds is 1. The van der Waals surface area contributed by atoms with E-state index in [0.717, 1.165) is 5.69 Å². The maximum absolute atomic E-state index is 12.9. The van der Waals surface area contributed by atoms with Crippen LogP contribution in [-0.2, 0) is 0 Å². The molecule has 0 amide bonds. The third-order valence-electron chi connectivity index (χ3n) is 1.76. The van der Waals surface area contributed by atoms with Crippen molar-refractivity contribution in [2.24, 2.45) is 0 Å². The van der Waals surface area contributed by atoms with Gasteiger partial charge < -0.3 is 0 Å². The Balaban J connectivity index is 2.44. The van der Waals surface area contributed by atoms with E-state index < -0.39 is 0 Å². The summed E-state index contributed by atoms with van der Waals surface area (Å²) >= 11 is 0. The Bertz CT molecular complexity index is 439. The van der Waals surface area contributed by atoms with Gasteiger partial charge in [-0.15, -0.1) is 5.10 Å². The predicted molar refractivity (Wildman–Crippen MR) is 50.0 cm³/mol. The SMILES string of the molecule is Cc1cnc(-c2cccc(F)c2)nn1. The summed E-state index contributed by atoms with van der Waals surface area (Å²) < 4.78 is 12.9. The van der Waals surface area contributed by atoms with Gasteiger partial charge in [-0.3, -0.25) is 0 Å². The Kier molecular flexibility index (Phi) is 2.18. The van der Waals surface area contributed by atoms with Crippen molar-refractivity contribution < 1.29 is 4.39 Å². The molecule has 0 spiro atoms. The van der Waals surface area contributed by atoms with Crippen LogP contribution in [0.3, 0.4) is 0 Å². The van der Waals surface area contributed by atoms with Gasteiger partial charge in [-0.25, -0.2) is 9.37 Å². The van der Waals surface area contributed by atoms with Gasteiger partial charge in [-0.1, -0.05) is 12.1 Å². The maximum atomic E-state index is 12.9. The number of hydrogen-bond donors (Lipinski definition) is 0. The fraction of sp³-hybridized carbons (Fsp3) is 0.100. The summed E-state index contributed by atoms with van der Waals surface area (Å²) in [6.07, 6.45) is 1.60. The van der Waals surface area contributed by atoms with Crippen LogP contribution in [0.2, 0.25) is 0 Å². The van der Waals surface area contributed by atoms with Gasteiger partial charge in [-0.2, -0.15) is 5.10 Å². The summed E-state index contributed by atoms with van der Waals surface area (Å²) in [4.78, 5) is 4.05. The van der Waals surface area contributed by atoms with Crippen LogP contribution in [-0.4, -0.2) is 15.2 Å². The molecule has 4 heteroatoms. The van der Waals surface area contributed by atoms with Crippen LogP contribution in [0, 0.1) is 12.7 Å². The van der Waals surface area contributed by atoms with Crippen molar-refractivity contribution in [3.8, 4) is 11.4 Å². The molecule has 0 fully saturated rings. The number of aryl methyl sites for hydroxylation is 1. The van der Waals surface area contributed by atoms with Gasteiger partial charge in [0.05, 0.1) is 11.9 Å². The summed E-state index contributed by atoms with van der Waals surface area (Å²) in [5, 5.41) is 7.71. The van der Waals surface area contributed by atoms with Crippen molar-refractivity contribution in [3.63, 3.8) is 0 Å². The highest BCUT2D eigenvalue weighted by Crippen LogP contribution is 2.14. The van der Waals surface area contributed by atoms with Crippen LogP contribution in [0.5, 0.6) is 0 Å². The van der Waals surface area contributed by atoms with Gasteiger partial charge in [0, 0.05) is 5.56 Å². The number of hydrogen-bond acceptors (Lipinski definition) is 3. The van der Waals surface area contributed by atoms with E-state index in [1.165, 1.54) is 12.1 Å². The van der Waals surface area contributed by atoms with E-state index in [1.54, 1.807) is 25.3 Å². The van der Waals surface area contributed by atoms with E-state index in [0.29, 0.717) is 11.4 Å². The second kappa shape index (κ2) is 3.49. The Labute approximate surface area is 80.6 Å². The molecule has 0 radical (unpaired) electrons. The molecule has 2 rings (SSSR count). The topological polar surface area (TPSA) is 38.7 Å². The molecule has 3 nitrogen and oxygen atoms in total. The second-order valence-electron chi connectivity index (χ2n) is 2.93. The molecule has 0 aliphatic carbocycles. The van der Waals surface area contributed by atoms with Gasteiger partial charge in [0.15, 0.2) is 5.82 Å². The van der Waals surface area contributed by atoms with Gasteiger partial charge in [-0.05, 0) is 19.1 Å². The number of aromatic nitrogens is 3. The van der Waals surface area contributed by atoms with Crippen LogP contribution < -0.4 is 0 Å². The van der Waals surface area contributed by atoms with E-state index in [-0.39, 0.29) is 5.82 Å². The molecule has 0 saturated carbocycles. The monoisotopic (exact) mass is 189 g/mol. The lowest BCUT2D eigenvalue weighted by molar-refractivity contribution is 0.628. The van der Waals surface area contributed by atoms with Crippen LogP contribution in [0.1, 0.15) is 5.69 Å². The fourth-order valence-electron chi connectivity index (χ4n) is 1.09. The summed E-state index contributed by atoms with van der Waals surface area (Å²) in [7, 11) is 0.